The number of hydrogen-bond acceptors (Lipinski definition) is 1. The Labute approximate surface area is 104 Å². The molecule has 18 heavy (non-hydrogen) atoms. The molecule has 0 aliphatic carbocycles. The molecule has 0 spiro atoms. The summed E-state index contributed by atoms with van der Waals surface area (Å²) in [6, 6.07) is 4.74. The molecule has 2 atom stereocenters. The third-order valence-electron chi connectivity index (χ3n) is 3.07. The van der Waals surface area contributed by atoms with Crippen LogP contribution in [0.5, 0.6) is 0 Å². The van der Waals surface area contributed by atoms with Gasteiger partial charge in [0.1, 0.15) is 6.17 Å². The standard InChI is InChI=1S/C13H17F4N/c1-8(2)10(7-18)12(14)9-5-3-4-6-11(9)13(15,16)17/h3-6,8,10,12H,7,18H2,1-2H3. The number of nitrogens with two attached hydrogens (primary N) is 1. The summed E-state index contributed by atoms with van der Waals surface area (Å²) in [4.78, 5) is 0. The molecule has 0 aliphatic rings. The van der Waals surface area contributed by atoms with Gasteiger partial charge in [-0.15, -0.1) is 0 Å². The van der Waals surface area contributed by atoms with Crippen molar-refractivity contribution in [2.24, 2.45) is 17.6 Å². The van der Waals surface area contributed by atoms with Crippen LogP contribution in [0.1, 0.15) is 31.1 Å². The highest BCUT2D eigenvalue weighted by molar-refractivity contribution is 5.32. The molecule has 1 nitrogen and oxygen atoms in total. The predicted molar refractivity (Wildman–Crippen MR) is 62.7 cm³/mol. The van der Waals surface area contributed by atoms with Crippen LogP contribution in [-0.2, 0) is 6.18 Å². The average Bonchev–Trinajstić information content (AvgIpc) is 2.28. The molecule has 0 saturated heterocycles. The van der Waals surface area contributed by atoms with Crippen molar-refractivity contribution in [2.45, 2.75) is 26.2 Å². The molecule has 0 amide bonds. The van der Waals surface area contributed by atoms with Gasteiger partial charge in [-0.1, -0.05) is 32.0 Å². The van der Waals surface area contributed by atoms with E-state index < -0.39 is 23.8 Å². The Balaban J connectivity index is 3.17. The van der Waals surface area contributed by atoms with Gasteiger partial charge < -0.3 is 5.73 Å². The van der Waals surface area contributed by atoms with Crippen LogP contribution in [0.3, 0.4) is 0 Å². The minimum absolute atomic E-state index is 0.0189. The molecule has 5 heteroatoms. The fourth-order valence-corrected chi connectivity index (χ4v) is 1.96. The number of hydrogen-bond donors (Lipinski definition) is 1. The highest BCUT2D eigenvalue weighted by Crippen LogP contribution is 2.39. The van der Waals surface area contributed by atoms with Crippen molar-refractivity contribution in [3.8, 4) is 0 Å². The van der Waals surface area contributed by atoms with Gasteiger partial charge in [0, 0.05) is 5.92 Å². The highest BCUT2D eigenvalue weighted by Gasteiger charge is 2.37. The van der Waals surface area contributed by atoms with E-state index in [4.69, 9.17) is 5.73 Å². The summed E-state index contributed by atoms with van der Waals surface area (Å²) in [7, 11) is 0. The Bertz CT molecular complexity index is 387. The van der Waals surface area contributed by atoms with Crippen LogP contribution in [0, 0.1) is 11.8 Å². The average molecular weight is 263 g/mol. The number of halogens is 4. The zero-order valence-corrected chi connectivity index (χ0v) is 10.3. The minimum Gasteiger partial charge on any atom is -0.330 e. The minimum atomic E-state index is -4.54. The highest BCUT2D eigenvalue weighted by atomic mass is 19.4. The maximum absolute atomic E-state index is 14.3. The number of rotatable bonds is 4. The lowest BCUT2D eigenvalue weighted by molar-refractivity contribution is -0.139. The van der Waals surface area contributed by atoms with E-state index in [1.54, 1.807) is 13.8 Å². The first-order valence-electron chi connectivity index (χ1n) is 5.79. The van der Waals surface area contributed by atoms with Gasteiger partial charge in [-0.05, 0) is 24.1 Å². The van der Waals surface area contributed by atoms with Gasteiger partial charge in [-0.3, -0.25) is 0 Å². The monoisotopic (exact) mass is 263 g/mol. The molecule has 0 saturated carbocycles. The Hall–Kier alpha value is -1.10. The maximum atomic E-state index is 14.3. The van der Waals surface area contributed by atoms with Gasteiger partial charge in [-0.25, -0.2) is 4.39 Å². The summed E-state index contributed by atoms with van der Waals surface area (Å²) >= 11 is 0. The van der Waals surface area contributed by atoms with Crippen molar-refractivity contribution < 1.29 is 17.6 Å². The SMILES string of the molecule is CC(C)C(CN)C(F)c1ccccc1C(F)(F)F. The van der Waals surface area contributed by atoms with Crippen molar-refractivity contribution >= 4 is 0 Å². The van der Waals surface area contributed by atoms with E-state index in [1.165, 1.54) is 18.2 Å². The van der Waals surface area contributed by atoms with Crippen LogP contribution in [0.2, 0.25) is 0 Å². The molecule has 2 N–H and O–H groups in total. The van der Waals surface area contributed by atoms with E-state index in [9.17, 15) is 17.6 Å². The number of benzene rings is 1. The normalized spacial score (nSPS) is 15.8. The molecule has 102 valence electrons. The molecular weight excluding hydrogens is 246 g/mol. The van der Waals surface area contributed by atoms with Crippen LogP contribution >= 0.6 is 0 Å². The van der Waals surface area contributed by atoms with Crippen molar-refractivity contribution in [1.29, 1.82) is 0 Å². The Kier molecular flexibility index (Phi) is 4.73. The third-order valence-corrected chi connectivity index (χ3v) is 3.07. The smallest absolute Gasteiger partial charge is 0.330 e. The second-order valence-electron chi connectivity index (χ2n) is 4.63. The number of alkyl halides is 4. The molecule has 0 heterocycles. The van der Waals surface area contributed by atoms with Gasteiger partial charge in [0.05, 0.1) is 5.56 Å². The quantitative estimate of drug-likeness (QED) is 0.818. The Morgan fingerprint density at radius 2 is 1.72 bits per heavy atom. The van der Waals surface area contributed by atoms with Crippen LogP contribution in [0.25, 0.3) is 0 Å². The Morgan fingerprint density at radius 1 is 1.17 bits per heavy atom. The van der Waals surface area contributed by atoms with Gasteiger partial charge in [0.15, 0.2) is 0 Å². The maximum Gasteiger partial charge on any atom is 0.416 e. The molecule has 1 rings (SSSR count). The lowest BCUT2D eigenvalue weighted by Crippen LogP contribution is -2.26. The van der Waals surface area contributed by atoms with E-state index in [1.807, 2.05) is 0 Å². The summed E-state index contributed by atoms with van der Waals surface area (Å²) in [5.74, 6) is -0.736. The fraction of sp³-hybridized carbons (Fsp3) is 0.538. The van der Waals surface area contributed by atoms with Gasteiger partial charge in [0.25, 0.3) is 0 Å². The first-order valence-corrected chi connectivity index (χ1v) is 5.79. The summed E-state index contributed by atoms with van der Waals surface area (Å²) in [6.45, 7) is 3.52. The molecular formula is C13H17F4N. The fourth-order valence-electron chi connectivity index (χ4n) is 1.96. The molecule has 2 unspecified atom stereocenters. The van der Waals surface area contributed by atoms with Gasteiger partial charge in [-0.2, -0.15) is 13.2 Å². The van der Waals surface area contributed by atoms with E-state index in [0.29, 0.717) is 0 Å². The van der Waals surface area contributed by atoms with E-state index in [2.05, 4.69) is 0 Å². The zero-order chi connectivity index (χ0) is 13.9. The largest absolute Gasteiger partial charge is 0.416 e. The lowest BCUT2D eigenvalue weighted by atomic mass is 9.86. The molecule has 0 bridgehead atoms. The third kappa shape index (κ3) is 3.22. The van der Waals surface area contributed by atoms with Crippen LogP contribution < -0.4 is 5.73 Å². The molecule has 1 aromatic carbocycles. The zero-order valence-electron chi connectivity index (χ0n) is 10.3. The van der Waals surface area contributed by atoms with Crippen molar-refractivity contribution in [3.63, 3.8) is 0 Å². The lowest BCUT2D eigenvalue weighted by Gasteiger charge is -2.25. The molecule has 0 aliphatic heterocycles. The molecule has 0 fully saturated rings. The molecule has 1 aromatic rings. The van der Waals surface area contributed by atoms with Crippen LogP contribution in [-0.4, -0.2) is 6.54 Å². The van der Waals surface area contributed by atoms with Gasteiger partial charge >= 0.3 is 6.18 Å². The van der Waals surface area contributed by atoms with Crippen molar-refractivity contribution in [1.82, 2.24) is 0 Å². The Morgan fingerprint density at radius 3 is 2.17 bits per heavy atom. The van der Waals surface area contributed by atoms with Crippen LogP contribution in [0.4, 0.5) is 17.6 Å². The second kappa shape index (κ2) is 5.69. The summed E-state index contributed by atoms with van der Waals surface area (Å²) in [5.41, 5.74) is 4.21. The molecule has 0 aromatic heterocycles. The first kappa shape index (κ1) is 15.0. The topological polar surface area (TPSA) is 26.0 Å². The second-order valence-corrected chi connectivity index (χ2v) is 4.63. The van der Waals surface area contributed by atoms with Crippen molar-refractivity contribution in [2.75, 3.05) is 6.54 Å². The first-order chi connectivity index (χ1) is 8.29. The van der Waals surface area contributed by atoms with E-state index in [0.717, 1.165) is 6.07 Å². The summed E-state index contributed by atoms with van der Waals surface area (Å²) in [5, 5.41) is 0. The van der Waals surface area contributed by atoms with Crippen LogP contribution in [0.15, 0.2) is 24.3 Å². The predicted octanol–water partition coefficient (Wildman–Crippen LogP) is 3.95. The molecule has 0 radical (unpaired) electrons. The van der Waals surface area contributed by atoms with Crippen molar-refractivity contribution in [3.05, 3.63) is 35.4 Å². The van der Waals surface area contributed by atoms with Gasteiger partial charge in [0.2, 0.25) is 0 Å². The summed E-state index contributed by atoms with van der Waals surface area (Å²) < 4.78 is 52.6. The summed E-state index contributed by atoms with van der Waals surface area (Å²) in [6.07, 6.45) is -6.25. The van der Waals surface area contributed by atoms with E-state index >= 15 is 0 Å². The van der Waals surface area contributed by atoms with E-state index in [-0.39, 0.29) is 18.0 Å².